The molecule has 0 fully saturated rings. The molecule has 0 aliphatic carbocycles. The summed E-state index contributed by atoms with van der Waals surface area (Å²) in [6, 6.07) is 6.63. The van der Waals surface area contributed by atoms with Crippen molar-refractivity contribution in [1.29, 1.82) is 0 Å². The second kappa shape index (κ2) is 5.94. The minimum absolute atomic E-state index is 0.0951. The second-order valence-corrected chi connectivity index (χ2v) is 6.18. The van der Waals surface area contributed by atoms with E-state index in [-0.39, 0.29) is 11.5 Å². The lowest BCUT2D eigenvalue weighted by Gasteiger charge is -2.21. The monoisotopic (exact) mass is 276 g/mol. The van der Waals surface area contributed by atoms with Gasteiger partial charge in [-0.05, 0) is 17.0 Å². The van der Waals surface area contributed by atoms with Crippen molar-refractivity contribution in [2.45, 2.75) is 32.2 Å². The lowest BCUT2D eigenvalue weighted by molar-refractivity contribution is 0.0859. The van der Waals surface area contributed by atoms with Crippen molar-refractivity contribution in [3.8, 4) is 0 Å². The van der Waals surface area contributed by atoms with E-state index in [2.05, 4.69) is 44.1 Å². The van der Waals surface area contributed by atoms with Gasteiger partial charge in [0.2, 0.25) is 0 Å². The normalized spacial score (nSPS) is 12.5. The third-order valence-corrected chi connectivity index (χ3v) is 3.53. The zero-order valence-electron chi connectivity index (χ0n) is 13.0. The van der Waals surface area contributed by atoms with Crippen LogP contribution in [-0.2, 0) is 14.9 Å². The first-order valence-electron chi connectivity index (χ1n) is 6.93. The minimum atomic E-state index is 0.0951. The smallest absolute Gasteiger partial charge is 0.0992 e. The van der Waals surface area contributed by atoms with Crippen molar-refractivity contribution in [3.05, 3.63) is 30.0 Å². The van der Waals surface area contributed by atoms with Crippen LogP contribution in [0.1, 0.15) is 32.4 Å². The van der Waals surface area contributed by atoms with Crippen LogP contribution in [0.3, 0.4) is 0 Å². The highest BCUT2D eigenvalue weighted by Gasteiger charge is 2.18. The number of nitrogens with zero attached hydrogens (tertiary/aromatic N) is 2. The van der Waals surface area contributed by atoms with E-state index in [0.717, 1.165) is 10.9 Å². The molecule has 20 heavy (non-hydrogen) atoms. The van der Waals surface area contributed by atoms with E-state index in [4.69, 9.17) is 9.47 Å². The van der Waals surface area contributed by atoms with Crippen molar-refractivity contribution in [3.63, 3.8) is 0 Å². The van der Waals surface area contributed by atoms with Crippen molar-refractivity contribution in [2.24, 2.45) is 0 Å². The van der Waals surface area contributed by atoms with Gasteiger partial charge in [-0.25, -0.2) is 0 Å². The van der Waals surface area contributed by atoms with E-state index >= 15 is 0 Å². The van der Waals surface area contributed by atoms with E-state index in [9.17, 15) is 0 Å². The van der Waals surface area contributed by atoms with Crippen molar-refractivity contribution < 1.29 is 9.47 Å². The molecule has 1 aromatic carbocycles. The number of hydrogen-bond acceptors (Lipinski definition) is 3. The molecule has 4 heteroatoms. The molecule has 110 valence electrons. The van der Waals surface area contributed by atoms with Crippen LogP contribution in [0, 0.1) is 0 Å². The van der Waals surface area contributed by atoms with Gasteiger partial charge in [0, 0.05) is 19.6 Å². The molecular weight excluding hydrogens is 252 g/mol. The van der Waals surface area contributed by atoms with Gasteiger partial charge >= 0.3 is 0 Å². The van der Waals surface area contributed by atoms with Gasteiger partial charge in [-0.3, -0.25) is 4.68 Å². The summed E-state index contributed by atoms with van der Waals surface area (Å²) in [6.07, 6.45) is 1.90. The number of aromatic nitrogens is 2. The fraction of sp³-hybridized carbons (Fsp3) is 0.562. The lowest BCUT2D eigenvalue weighted by Crippen LogP contribution is -2.21. The minimum Gasteiger partial charge on any atom is -0.382 e. The second-order valence-electron chi connectivity index (χ2n) is 6.18. The van der Waals surface area contributed by atoms with Gasteiger partial charge < -0.3 is 9.47 Å². The Morgan fingerprint density at radius 2 is 1.80 bits per heavy atom. The Balaban J connectivity index is 2.47. The Kier molecular flexibility index (Phi) is 4.45. The van der Waals surface area contributed by atoms with Gasteiger partial charge in [0.15, 0.2) is 0 Å². The fourth-order valence-corrected chi connectivity index (χ4v) is 2.37. The van der Waals surface area contributed by atoms with Gasteiger partial charge in [0.1, 0.15) is 0 Å². The van der Waals surface area contributed by atoms with Crippen LogP contribution in [0.15, 0.2) is 24.4 Å². The summed E-state index contributed by atoms with van der Waals surface area (Å²) < 4.78 is 12.6. The number of hydrogen-bond donors (Lipinski definition) is 0. The first-order valence-corrected chi connectivity index (χ1v) is 6.93. The highest BCUT2D eigenvalue weighted by Crippen LogP contribution is 2.27. The summed E-state index contributed by atoms with van der Waals surface area (Å²) in [6.45, 7) is 7.83. The third kappa shape index (κ3) is 3.02. The molecule has 0 aliphatic rings. The topological polar surface area (TPSA) is 36.3 Å². The largest absolute Gasteiger partial charge is 0.382 e. The maximum atomic E-state index is 5.29. The first-order chi connectivity index (χ1) is 9.47. The number of ether oxygens (including phenoxy) is 2. The maximum absolute atomic E-state index is 5.29. The standard InChI is InChI=1S/C16H24N2O2/c1-16(2,3)13-7-6-12-9-17-18(15(12)8-13)14(10-19-4)11-20-5/h6-9,14H,10-11H2,1-5H3. The van der Waals surface area contributed by atoms with E-state index < -0.39 is 0 Å². The van der Waals surface area contributed by atoms with E-state index in [1.807, 2.05) is 10.9 Å². The predicted octanol–water partition coefficient (Wildman–Crippen LogP) is 3.17. The van der Waals surface area contributed by atoms with Crippen LogP contribution in [0.5, 0.6) is 0 Å². The molecule has 0 aliphatic heterocycles. The Morgan fingerprint density at radius 3 is 2.35 bits per heavy atom. The van der Waals surface area contributed by atoms with Crippen LogP contribution in [0.25, 0.3) is 10.9 Å². The average Bonchev–Trinajstić information content (AvgIpc) is 2.80. The number of benzene rings is 1. The first kappa shape index (κ1) is 15.0. The lowest BCUT2D eigenvalue weighted by atomic mass is 9.87. The van der Waals surface area contributed by atoms with Gasteiger partial charge in [-0.15, -0.1) is 0 Å². The summed E-state index contributed by atoms with van der Waals surface area (Å²) in [5, 5.41) is 5.66. The van der Waals surface area contributed by atoms with Gasteiger partial charge in [-0.2, -0.15) is 5.10 Å². The van der Waals surface area contributed by atoms with E-state index in [0.29, 0.717) is 13.2 Å². The van der Waals surface area contributed by atoms with Crippen LogP contribution in [-0.4, -0.2) is 37.2 Å². The van der Waals surface area contributed by atoms with Crippen LogP contribution < -0.4 is 0 Å². The molecule has 2 rings (SSSR count). The molecule has 1 heterocycles. The van der Waals surface area contributed by atoms with E-state index in [1.54, 1.807) is 14.2 Å². The molecule has 0 atom stereocenters. The molecule has 0 unspecified atom stereocenters. The molecule has 0 spiro atoms. The molecule has 4 nitrogen and oxygen atoms in total. The Bertz CT molecular complexity index is 563. The molecule has 0 N–H and O–H groups in total. The molecule has 0 saturated carbocycles. The quantitative estimate of drug-likeness (QED) is 0.841. The van der Waals surface area contributed by atoms with Crippen molar-refractivity contribution >= 4 is 10.9 Å². The van der Waals surface area contributed by atoms with Crippen LogP contribution in [0.4, 0.5) is 0 Å². The van der Waals surface area contributed by atoms with Crippen LogP contribution in [0.2, 0.25) is 0 Å². The number of rotatable bonds is 5. The van der Waals surface area contributed by atoms with Crippen LogP contribution >= 0.6 is 0 Å². The molecule has 0 bridgehead atoms. The molecular formula is C16H24N2O2. The third-order valence-electron chi connectivity index (χ3n) is 3.53. The summed E-state index contributed by atoms with van der Waals surface area (Å²) in [5.41, 5.74) is 2.57. The Labute approximate surface area is 120 Å². The molecule has 0 saturated heterocycles. The number of methoxy groups -OCH3 is 2. The molecule has 1 aromatic heterocycles. The number of fused-ring (bicyclic) bond motifs is 1. The highest BCUT2D eigenvalue weighted by atomic mass is 16.5. The summed E-state index contributed by atoms with van der Waals surface area (Å²) in [4.78, 5) is 0. The molecule has 0 radical (unpaired) electrons. The van der Waals surface area contributed by atoms with Crippen molar-refractivity contribution in [1.82, 2.24) is 9.78 Å². The van der Waals surface area contributed by atoms with Gasteiger partial charge in [0.05, 0.1) is 31.0 Å². The highest BCUT2D eigenvalue weighted by molar-refractivity contribution is 5.79. The summed E-state index contributed by atoms with van der Waals surface area (Å²) >= 11 is 0. The SMILES string of the molecule is COCC(COC)n1ncc2ccc(C(C)(C)C)cc21. The van der Waals surface area contributed by atoms with Gasteiger partial charge in [-0.1, -0.05) is 32.9 Å². The Hall–Kier alpha value is -1.39. The van der Waals surface area contributed by atoms with Gasteiger partial charge in [0.25, 0.3) is 0 Å². The zero-order chi connectivity index (χ0) is 14.8. The molecule has 0 amide bonds. The predicted molar refractivity (Wildman–Crippen MR) is 81.2 cm³/mol. The molecule has 2 aromatic rings. The van der Waals surface area contributed by atoms with Crippen molar-refractivity contribution in [2.75, 3.05) is 27.4 Å². The fourth-order valence-electron chi connectivity index (χ4n) is 2.37. The zero-order valence-corrected chi connectivity index (χ0v) is 13.0. The van der Waals surface area contributed by atoms with E-state index in [1.165, 1.54) is 5.56 Å². The summed E-state index contributed by atoms with van der Waals surface area (Å²) in [7, 11) is 3.41. The average molecular weight is 276 g/mol. The maximum Gasteiger partial charge on any atom is 0.0992 e. The summed E-state index contributed by atoms with van der Waals surface area (Å²) in [5.74, 6) is 0. The Morgan fingerprint density at radius 1 is 1.15 bits per heavy atom.